The van der Waals surface area contributed by atoms with Gasteiger partial charge in [0.2, 0.25) is 21.8 Å². The third-order valence-corrected chi connectivity index (χ3v) is 7.39. The predicted octanol–water partition coefficient (Wildman–Crippen LogP) is 2.17. The maximum Gasteiger partial charge on any atom is 0.242 e. The van der Waals surface area contributed by atoms with E-state index in [1.165, 1.54) is 4.90 Å². The lowest BCUT2D eigenvalue weighted by molar-refractivity contribution is -0.141. The molecule has 1 N–H and O–H groups in total. The zero-order valence-corrected chi connectivity index (χ0v) is 21.9. The fraction of sp³-hybridized carbons (Fsp3) is 0.462. The van der Waals surface area contributed by atoms with Crippen LogP contribution in [0.2, 0.25) is 0 Å². The van der Waals surface area contributed by atoms with Crippen LogP contribution in [0.15, 0.2) is 54.6 Å². The molecule has 2 aromatic carbocycles. The molecule has 2 amide bonds. The number of hydrogen-bond donors (Lipinski definition) is 1. The summed E-state index contributed by atoms with van der Waals surface area (Å²) in [6, 6.07) is 15.4. The molecule has 9 nitrogen and oxygen atoms in total. The van der Waals surface area contributed by atoms with E-state index < -0.39 is 22.0 Å². The summed E-state index contributed by atoms with van der Waals surface area (Å²) < 4.78 is 37.0. The molecule has 36 heavy (non-hydrogen) atoms. The van der Waals surface area contributed by atoms with Crippen molar-refractivity contribution in [3.63, 3.8) is 0 Å². The van der Waals surface area contributed by atoms with Crippen LogP contribution in [0.25, 0.3) is 0 Å². The molecule has 0 aliphatic carbocycles. The van der Waals surface area contributed by atoms with Gasteiger partial charge in [-0.05, 0) is 43.0 Å². The van der Waals surface area contributed by atoms with Gasteiger partial charge < -0.3 is 19.7 Å². The Morgan fingerprint density at radius 3 is 2.33 bits per heavy atom. The number of nitrogens with zero attached hydrogens (tertiary/aromatic N) is 2. The van der Waals surface area contributed by atoms with Crippen LogP contribution in [0.3, 0.4) is 0 Å². The van der Waals surface area contributed by atoms with Crippen molar-refractivity contribution in [3.8, 4) is 5.75 Å². The van der Waals surface area contributed by atoms with Crippen LogP contribution in [0, 0.1) is 0 Å². The quantitative estimate of drug-likeness (QED) is 0.463. The summed E-state index contributed by atoms with van der Waals surface area (Å²) in [4.78, 5) is 27.9. The Labute approximate surface area is 213 Å². The van der Waals surface area contributed by atoms with Crippen molar-refractivity contribution < 1.29 is 27.5 Å². The number of benzene rings is 2. The topological polar surface area (TPSA) is 105 Å². The highest BCUT2D eigenvalue weighted by Crippen LogP contribution is 2.17. The zero-order valence-electron chi connectivity index (χ0n) is 21.1. The lowest BCUT2D eigenvalue weighted by Crippen LogP contribution is -2.51. The van der Waals surface area contributed by atoms with Crippen molar-refractivity contribution in [2.45, 2.75) is 45.0 Å². The first-order valence-corrected chi connectivity index (χ1v) is 13.8. The molecular formula is C26H35N3O6S. The first kappa shape index (κ1) is 27.6. The molecule has 0 unspecified atom stereocenters. The average Bonchev–Trinajstić information content (AvgIpc) is 3.39. The maximum atomic E-state index is 13.5. The van der Waals surface area contributed by atoms with Crippen LogP contribution in [0.4, 0.5) is 0 Å². The Morgan fingerprint density at radius 1 is 1.08 bits per heavy atom. The lowest BCUT2D eigenvalue weighted by atomic mass is 10.1. The summed E-state index contributed by atoms with van der Waals surface area (Å²) in [6.07, 6.45) is 2.89. The van der Waals surface area contributed by atoms with Gasteiger partial charge in [-0.25, -0.2) is 8.42 Å². The van der Waals surface area contributed by atoms with E-state index in [2.05, 4.69) is 5.32 Å². The Morgan fingerprint density at radius 2 is 1.75 bits per heavy atom. The van der Waals surface area contributed by atoms with E-state index in [0.29, 0.717) is 18.9 Å². The Kier molecular flexibility index (Phi) is 9.86. The van der Waals surface area contributed by atoms with E-state index in [4.69, 9.17) is 9.47 Å². The SMILES string of the molecule is COc1ccc(CN(C(=O)CN(Cc2ccccc2)S(C)(=O)=O)[C@H](C)C(=O)NC[C@H]2CCCO2)cc1. The monoisotopic (exact) mass is 517 g/mol. The van der Waals surface area contributed by atoms with Crippen molar-refractivity contribution >= 4 is 21.8 Å². The fourth-order valence-electron chi connectivity index (χ4n) is 4.00. The Bertz CT molecular complexity index is 1100. The number of amides is 2. The van der Waals surface area contributed by atoms with Gasteiger partial charge in [0.15, 0.2) is 0 Å². The highest BCUT2D eigenvalue weighted by molar-refractivity contribution is 7.88. The van der Waals surface area contributed by atoms with Crippen LogP contribution in [-0.2, 0) is 37.4 Å². The van der Waals surface area contributed by atoms with E-state index in [1.807, 2.05) is 30.3 Å². The summed E-state index contributed by atoms with van der Waals surface area (Å²) in [5.74, 6) is -0.113. The van der Waals surface area contributed by atoms with Gasteiger partial charge in [0.05, 0.1) is 26.0 Å². The number of hydrogen-bond acceptors (Lipinski definition) is 6. The number of methoxy groups -OCH3 is 1. The van der Waals surface area contributed by atoms with E-state index >= 15 is 0 Å². The Balaban J connectivity index is 1.78. The molecule has 0 aromatic heterocycles. The first-order valence-electron chi connectivity index (χ1n) is 12.0. The molecule has 0 bridgehead atoms. The van der Waals surface area contributed by atoms with E-state index in [-0.39, 0.29) is 31.6 Å². The summed E-state index contributed by atoms with van der Waals surface area (Å²) in [5, 5.41) is 2.88. The van der Waals surface area contributed by atoms with Crippen LogP contribution in [0.1, 0.15) is 30.9 Å². The molecule has 2 atom stereocenters. The summed E-state index contributed by atoms with van der Waals surface area (Å²) in [5.41, 5.74) is 1.55. The number of nitrogens with one attached hydrogen (secondary N) is 1. The number of carbonyl (C=O) groups excluding carboxylic acids is 2. The highest BCUT2D eigenvalue weighted by Gasteiger charge is 2.30. The number of ether oxygens (including phenoxy) is 2. The fourth-order valence-corrected chi connectivity index (χ4v) is 4.73. The lowest BCUT2D eigenvalue weighted by Gasteiger charge is -2.31. The van der Waals surface area contributed by atoms with Gasteiger partial charge in [-0.2, -0.15) is 4.31 Å². The minimum Gasteiger partial charge on any atom is -0.497 e. The molecule has 0 spiro atoms. The average molecular weight is 518 g/mol. The molecule has 0 radical (unpaired) electrons. The van der Waals surface area contributed by atoms with Crippen LogP contribution in [0.5, 0.6) is 5.75 Å². The maximum absolute atomic E-state index is 13.5. The molecule has 0 saturated carbocycles. The molecule has 196 valence electrons. The third kappa shape index (κ3) is 8.04. The van der Waals surface area contributed by atoms with Crippen molar-refractivity contribution in [3.05, 3.63) is 65.7 Å². The van der Waals surface area contributed by atoms with Crippen LogP contribution < -0.4 is 10.1 Å². The smallest absolute Gasteiger partial charge is 0.242 e. The van der Waals surface area contributed by atoms with Crippen LogP contribution >= 0.6 is 0 Å². The van der Waals surface area contributed by atoms with Gasteiger partial charge in [0, 0.05) is 26.2 Å². The summed E-state index contributed by atoms with van der Waals surface area (Å²) in [6.45, 7) is 2.52. The molecule has 1 heterocycles. The second-order valence-electron chi connectivity index (χ2n) is 8.94. The normalized spacial score (nSPS) is 16.5. The first-order chi connectivity index (χ1) is 17.2. The molecule has 10 heteroatoms. The number of rotatable bonds is 12. The van der Waals surface area contributed by atoms with Gasteiger partial charge >= 0.3 is 0 Å². The summed E-state index contributed by atoms with van der Waals surface area (Å²) in [7, 11) is -2.12. The molecule has 1 aliphatic heterocycles. The number of carbonyl (C=O) groups is 2. The largest absolute Gasteiger partial charge is 0.497 e. The standard InChI is InChI=1S/C26H35N3O6S/c1-20(26(31)27-16-24-10-7-15-35-24)29(18-22-11-13-23(34-2)14-12-22)25(30)19-28(36(3,32)33)17-21-8-5-4-6-9-21/h4-6,8-9,11-14,20,24H,7,10,15-19H2,1-3H3,(H,27,31)/t20-,24-/m1/s1. The zero-order chi connectivity index (χ0) is 26.1. The van der Waals surface area contributed by atoms with Crippen LogP contribution in [-0.4, -0.2) is 74.6 Å². The second-order valence-corrected chi connectivity index (χ2v) is 10.9. The van der Waals surface area contributed by atoms with E-state index in [1.54, 1.807) is 38.3 Å². The van der Waals surface area contributed by atoms with Gasteiger partial charge in [-0.3, -0.25) is 9.59 Å². The molecule has 1 saturated heterocycles. The molecule has 3 rings (SSSR count). The van der Waals surface area contributed by atoms with E-state index in [0.717, 1.165) is 34.5 Å². The van der Waals surface area contributed by atoms with Gasteiger partial charge in [-0.15, -0.1) is 0 Å². The number of sulfonamides is 1. The van der Waals surface area contributed by atoms with Crippen molar-refractivity contribution in [2.75, 3.05) is 33.1 Å². The molecule has 2 aromatic rings. The molecule has 1 fully saturated rings. The highest BCUT2D eigenvalue weighted by atomic mass is 32.2. The van der Waals surface area contributed by atoms with E-state index in [9.17, 15) is 18.0 Å². The predicted molar refractivity (Wildman–Crippen MR) is 137 cm³/mol. The Hall–Kier alpha value is -2.95. The van der Waals surface area contributed by atoms with Gasteiger partial charge in [-0.1, -0.05) is 42.5 Å². The van der Waals surface area contributed by atoms with Crippen molar-refractivity contribution in [2.24, 2.45) is 0 Å². The summed E-state index contributed by atoms with van der Waals surface area (Å²) >= 11 is 0. The van der Waals surface area contributed by atoms with Gasteiger partial charge in [0.1, 0.15) is 11.8 Å². The van der Waals surface area contributed by atoms with Crippen molar-refractivity contribution in [1.29, 1.82) is 0 Å². The van der Waals surface area contributed by atoms with Crippen molar-refractivity contribution in [1.82, 2.24) is 14.5 Å². The minimum atomic E-state index is -3.69. The second kappa shape index (κ2) is 12.8. The van der Waals surface area contributed by atoms with Gasteiger partial charge in [0.25, 0.3) is 0 Å². The molecular weight excluding hydrogens is 482 g/mol. The molecule has 1 aliphatic rings. The minimum absolute atomic E-state index is 0.0292. The third-order valence-electron chi connectivity index (χ3n) is 6.19.